The van der Waals surface area contributed by atoms with Crippen LogP contribution in [0.1, 0.15) is 41.6 Å². The van der Waals surface area contributed by atoms with Gasteiger partial charge >= 0.3 is 6.18 Å². The van der Waals surface area contributed by atoms with Crippen LogP contribution < -0.4 is 15.7 Å². The Hall–Kier alpha value is -2.65. The number of carbonyl (C=O) groups is 1. The molecule has 9 heteroatoms. The number of carbonyl (C=O) groups excluding carboxylic acids is 1. The van der Waals surface area contributed by atoms with Crippen LogP contribution in [-0.2, 0) is 11.0 Å². The molecule has 2 saturated heterocycles. The van der Waals surface area contributed by atoms with Gasteiger partial charge in [-0.2, -0.15) is 13.2 Å². The number of aromatic nitrogens is 1. The van der Waals surface area contributed by atoms with Gasteiger partial charge < -0.3 is 10.2 Å². The molecule has 32 heavy (non-hydrogen) atoms. The molecule has 0 spiro atoms. The molecule has 0 saturated carbocycles. The van der Waals surface area contributed by atoms with Crippen molar-refractivity contribution in [1.29, 1.82) is 0 Å². The van der Waals surface area contributed by atoms with Crippen molar-refractivity contribution < 1.29 is 22.8 Å². The van der Waals surface area contributed by atoms with Gasteiger partial charge in [-0.3, -0.25) is 14.6 Å². The number of nitrogens with one attached hydrogen (secondary N) is 2. The van der Waals surface area contributed by atoms with Crippen molar-refractivity contribution in [3.63, 3.8) is 0 Å². The van der Waals surface area contributed by atoms with E-state index in [0.29, 0.717) is 30.9 Å². The topological polar surface area (TPSA) is 66.5 Å². The first-order valence-electron chi connectivity index (χ1n) is 10.9. The fourth-order valence-corrected chi connectivity index (χ4v) is 4.61. The summed E-state index contributed by atoms with van der Waals surface area (Å²) >= 11 is 0. The molecule has 2 atom stereocenters. The molecular formula is C23H27F3N4O2. The monoisotopic (exact) mass is 448 g/mol. The van der Waals surface area contributed by atoms with E-state index < -0.39 is 11.7 Å². The lowest BCUT2D eigenvalue weighted by atomic mass is 9.83. The third-order valence-corrected chi connectivity index (χ3v) is 6.31. The van der Waals surface area contributed by atoms with E-state index in [4.69, 9.17) is 4.84 Å². The summed E-state index contributed by atoms with van der Waals surface area (Å²) in [5.41, 5.74) is 3.17. The number of hydrogen-bond acceptors (Lipinski definition) is 5. The zero-order valence-corrected chi connectivity index (χ0v) is 17.6. The van der Waals surface area contributed by atoms with E-state index in [2.05, 4.69) is 20.7 Å². The Balaban J connectivity index is 1.45. The van der Waals surface area contributed by atoms with Crippen LogP contribution in [0.5, 0.6) is 0 Å². The molecule has 6 nitrogen and oxygen atoms in total. The maximum absolute atomic E-state index is 13.0. The summed E-state index contributed by atoms with van der Waals surface area (Å²) < 4.78 is 38.9. The number of hydrogen-bond donors (Lipinski definition) is 2. The van der Waals surface area contributed by atoms with Crippen molar-refractivity contribution in [2.24, 2.45) is 5.92 Å². The lowest BCUT2D eigenvalue weighted by molar-refractivity contribution is -0.137. The van der Waals surface area contributed by atoms with Gasteiger partial charge in [-0.25, -0.2) is 5.48 Å². The standard InChI is InChI=1S/C23H27F3N4O2/c24-23(25,26)18-1-3-19(4-2-18)30-14-9-20(15-21(30)16-5-10-27-11-6-16)32-29-22(31)17-7-12-28-13-8-17/h1-4,7-8,12-13,16,20-21,27H,5-6,9-11,14-15H2,(H,29,31). The SMILES string of the molecule is O=C(NOC1CCN(c2ccc(C(F)(F)F)cc2)C(C2CCNCC2)C1)c1ccncc1. The number of anilines is 1. The number of halogens is 3. The van der Waals surface area contributed by atoms with E-state index in [1.54, 1.807) is 36.7 Å². The average molecular weight is 448 g/mol. The van der Waals surface area contributed by atoms with Crippen molar-refractivity contribution in [3.05, 3.63) is 59.9 Å². The first-order chi connectivity index (χ1) is 15.4. The predicted octanol–water partition coefficient (Wildman–Crippen LogP) is 3.80. The molecule has 2 aliphatic heterocycles. The van der Waals surface area contributed by atoms with E-state index >= 15 is 0 Å². The smallest absolute Gasteiger partial charge is 0.368 e. The molecule has 3 heterocycles. The van der Waals surface area contributed by atoms with E-state index in [0.717, 1.165) is 43.8 Å². The summed E-state index contributed by atoms with van der Waals surface area (Å²) in [7, 11) is 0. The zero-order valence-electron chi connectivity index (χ0n) is 17.6. The highest BCUT2D eigenvalue weighted by atomic mass is 19.4. The number of rotatable bonds is 5. The molecule has 2 N–H and O–H groups in total. The number of alkyl halides is 3. The lowest BCUT2D eigenvalue weighted by Gasteiger charge is -2.45. The fraction of sp³-hybridized carbons (Fsp3) is 0.478. The second kappa shape index (κ2) is 9.87. The second-order valence-electron chi connectivity index (χ2n) is 8.32. The molecule has 2 aliphatic rings. The van der Waals surface area contributed by atoms with Gasteiger partial charge in [0, 0.05) is 36.2 Å². The Labute approximate surface area is 185 Å². The van der Waals surface area contributed by atoms with Crippen LogP contribution >= 0.6 is 0 Å². The van der Waals surface area contributed by atoms with Crippen molar-refractivity contribution in [2.45, 2.75) is 44.0 Å². The van der Waals surface area contributed by atoms with Crippen LogP contribution in [0.25, 0.3) is 0 Å². The predicted molar refractivity (Wildman–Crippen MR) is 114 cm³/mol. The molecule has 2 unspecified atom stereocenters. The maximum Gasteiger partial charge on any atom is 0.416 e. The Kier molecular flexibility index (Phi) is 6.95. The lowest BCUT2D eigenvalue weighted by Crippen LogP contribution is -2.52. The van der Waals surface area contributed by atoms with Crippen molar-refractivity contribution in [2.75, 3.05) is 24.5 Å². The molecule has 0 radical (unpaired) electrons. The van der Waals surface area contributed by atoms with Gasteiger partial charge in [-0.05, 0) is 81.1 Å². The van der Waals surface area contributed by atoms with Crippen molar-refractivity contribution in [3.8, 4) is 0 Å². The molecule has 1 aromatic carbocycles. The van der Waals surface area contributed by atoms with E-state index in [1.807, 2.05) is 0 Å². The van der Waals surface area contributed by atoms with Gasteiger partial charge in [0.25, 0.3) is 5.91 Å². The number of piperidine rings is 2. The fourth-order valence-electron chi connectivity index (χ4n) is 4.61. The molecule has 1 amide bonds. The first-order valence-corrected chi connectivity index (χ1v) is 10.9. The Morgan fingerprint density at radius 3 is 2.41 bits per heavy atom. The highest BCUT2D eigenvalue weighted by Gasteiger charge is 2.36. The molecule has 0 aliphatic carbocycles. The largest absolute Gasteiger partial charge is 0.416 e. The molecule has 0 bridgehead atoms. The second-order valence-corrected chi connectivity index (χ2v) is 8.32. The minimum atomic E-state index is -4.35. The highest BCUT2D eigenvalue weighted by Crippen LogP contribution is 2.35. The minimum Gasteiger partial charge on any atom is -0.368 e. The molecular weight excluding hydrogens is 421 g/mol. The Bertz CT molecular complexity index is 886. The van der Waals surface area contributed by atoms with Gasteiger partial charge in [0.05, 0.1) is 11.7 Å². The molecule has 172 valence electrons. The zero-order chi connectivity index (χ0) is 22.6. The van der Waals surface area contributed by atoms with Crippen LogP contribution in [0.2, 0.25) is 0 Å². The van der Waals surface area contributed by atoms with E-state index in [1.165, 1.54) is 0 Å². The molecule has 4 rings (SSSR count). The Morgan fingerprint density at radius 2 is 1.75 bits per heavy atom. The normalized spacial score (nSPS) is 22.5. The summed E-state index contributed by atoms with van der Waals surface area (Å²) in [6.07, 6.45) is 1.94. The summed E-state index contributed by atoms with van der Waals surface area (Å²) in [6, 6.07) is 8.77. The third-order valence-electron chi connectivity index (χ3n) is 6.31. The van der Waals surface area contributed by atoms with Crippen LogP contribution in [0, 0.1) is 5.92 Å². The van der Waals surface area contributed by atoms with Gasteiger partial charge in [0.2, 0.25) is 0 Å². The number of benzene rings is 1. The van der Waals surface area contributed by atoms with Crippen molar-refractivity contribution >= 4 is 11.6 Å². The average Bonchev–Trinajstić information content (AvgIpc) is 2.83. The van der Waals surface area contributed by atoms with Crippen molar-refractivity contribution in [1.82, 2.24) is 15.8 Å². The van der Waals surface area contributed by atoms with Gasteiger partial charge in [-0.1, -0.05) is 0 Å². The summed E-state index contributed by atoms with van der Waals surface area (Å²) in [5, 5.41) is 3.37. The van der Waals surface area contributed by atoms with Crippen LogP contribution in [0.15, 0.2) is 48.8 Å². The van der Waals surface area contributed by atoms with Gasteiger partial charge in [0.1, 0.15) is 0 Å². The molecule has 2 aromatic rings. The van der Waals surface area contributed by atoms with E-state index in [9.17, 15) is 18.0 Å². The molecule has 1 aromatic heterocycles. The third kappa shape index (κ3) is 5.39. The Morgan fingerprint density at radius 1 is 1.06 bits per heavy atom. The summed E-state index contributed by atoms with van der Waals surface area (Å²) in [4.78, 5) is 24.2. The van der Waals surface area contributed by atoms with Crippen LogP contribution in [0.3, 0.4) is 0 Å². The minimum absolute atomic E-state index is 0.130. The maximum atomic E-state index is 13.0. The number of pyridine rings is 1. The van der Waals surface area contributed by atoms with Crippen LogP contribution in [-0.4, -0.2) is 42.7 Å². The summed E-state index contributed by atoms with van der Waals surface area (Å²) in [6.45, 7) is 2.49. The number of nitrogens with zero attached hydrogens (tertiary/aromatic N) is 2. The summed E-state index contributed by atoms with van der Waals surface area (Å²) in [5.74, 6) is 0.0804. The number of hydroxylamine groups is 1. The number of amides is 1. The van der Waals surface area contributed by atoms with Gasteiger partial charge in [0.15, 0.2) is 0 Å². The highest BCUT2D eigenvalue weighted by molar-refractivity contribution is 5.93. The quantitative estimate of drug-likeness (QED) is 0.682. The first kappa shape index (κ1) is 22.5. The van der Waals surface area contributed by atoms with Gasteiger partial charge in [-0.15, -0.1) is 0 Å². The molecule has 2 fully saturated rings. The van der Waals surface area contributed by atoms with Crippen LogP contribution in [0.4, 0.5) is 18.9 Å². The van der Waals surface area contributed by atoms with E-state index in [-0.39, 0.29) is 18.1 Å².